The molecule has 1 aliphatic heterocycles. The number of nitrogens with two attached hydrogens (primary N) is 1. The molecule has 23 heavy (non-hydrogen) atoms. The van der Waals surface area contributed by atoms with E-state index >= 15 is 0 Å². The number of ether oxygens (including phenoxy) is 1. The highest BCUT2D eigenvalue weighted by Crippen LogP contribution is 2.52. The number of carbonyl (C=O) groups is 1. The molecule has 2 saturated carbocycles. The van der Waals surface area contributed by atoms with E-state index in [4.69, 9.17) is 10.5 Å². The zero-order valence-corrected chi connectivity index (χ0v) is 13.8. The zero-order chi connectivity index (χ0) is 16.0. The van der Waals surface area contributed by atoms with Crippen molar-refractivity contribution in [2.24, 2.45) is 17.6 Å². The van der Waals surface area contributed by atoms with Crippen LogP contribution >= 0.6 is 0 Å². The fraction of sp³-hybridized carbons (Fsp3) is 0.632. The van der Waals surface area contributed by atoms with Gasteiger partial charge in [-0.25, -0.2) is 0 Å². The lowest BCUT2D eigenvalue weighted by molar-refractivity contribution is -0.170. The number of likely N-dealkylation sites (tertiary alicyclic amines) is 1. The van der Waals surface area contributed by atoms with Crippen molar-refractivity contribution in [3.05, 3.63) is 35.4 Å². The Bertz CT molecular complexity index is 597. The second-order valence-electron chi connectivity index (χ2n) is 7.45. The van der Waals surface area contributed by atoms with E-state index < -0.39 is 0 Å². The second kappa shape index (κ2) is 5.60. The number of methoxy groups -OCH3 is 1. The largest absolute Gasteiger partial charge is 0.373 e. The van der Waals surface area contributed by atoms with Crippen molar-refractivity contribution < 1.29 is 9.53 Å². The first-order valence-electron chi connectivity index (χ1n) is 8.84. The van der Waals surface area contributed by atoms with E-state index in [1.54, 1.807) is 6.07 Å². The highest BCUT2D eigenvalue weighted by Gasteiger charge is 2.54. The molecule has 2 aliphatic carbocycles. The van der Waals surface area contributed by atoms with Crippen molar-refractivity contribution in [2.45, 2.75) is 43.7 Å². The highest BCUT2D eigenvalue weighted by atomic mass is 16.5. The molecule has 4 rings (SSSR count). The summed E-state index contributed by atoms with van der Waals surface area (Å²) in [5.41, 5.74) is 6.96. The van der Waals surface area contributed by atoms with Crippen LogP contribution in [0, 0.1) is 11.8 Å². The topological polar surface area (TPSA) is 55.6 Å². The first-order valence-corrected chi connectivity index (χ1v) is 8.84. The maximum absolute atomic E-state index is 11.6. The summed E-state index contributed by atoms with van der Waals surface area (Å²) in [5, 5.41) is 0. The van der Waals surface area contributed by atoms with Crippen molar-refractivity contribution in [3.8, 4) is 0 Å². The van der Waals surface area contributed by atoms with E-state index in [-0.39, 0.29) is 11.5 Å². The molecule has 4 nitrogen and oxygen atoms in total. The second-order valence-corrected chi connectivity index (χ2v) is 7.45. The lowest BCUT2D eigenvalue weighted by Crippen LogP contribution is -2.59. The number of benzene rings is 1. The van der Waals surface area contributed by atoms with Gasteiger partial charge in [-0.2, -0.15) is 0 Å². The van der Waals surface area contributed by atoms with Gasteiger partial charge in [0.05, 0.1) is 0 Å². The average Bonchev–Trinajstić information content (AvgIpc) is 3.38. The van der Waals surface area contributed by atoms with Crippen molar-refractivity contribution >= 4 is 5.91 Å². The number of hydrogen-bond donors (Lipinski definition) is 1. The number of hydrogen-bond acceptors (Lipinski definition) is 3. The van der Waals surface area contributed by atoms with E-state index in [0.717, 1.165) is 24.7 Å². The average molecular weight is 314 g/mol. The summed E-state index contributed by atoms with van der Waals surface area (Å²) in [6.07, 6.45) is 6.41. The number of piperidine rings is 1. The molecule has 2 N–H and O–H groups in total. The molecule has 1 amide bonds. The molecule has 1 aromatic carbocycles. The van der Waals surface area contributed by atoms with Crippen LogP contribution in [-0.2, 0) is 10.3 Å². The third kappa shape index (κ3) is 2.39. The summed E-state index contributed by atoms with van der Waals surface area (Å²) >= 11 is 0. The van der Waals surface area contributed by atoms with Gasteiger partial charge in [-0.15, -0.1) is 0 Å². The van der Waals surface area contributed by atoms with Gasteiger partial charge in [-0.05, 0) is 43.4 Å². The lowest BCUT2D eigenvalue weighted by Gasteiger charge is -2.55. The number of carbonyl (C=O) groups excluding carboxylic acids is 1. The molecule has 124 valence electrons. The molecule has 0 radical (unpaired) electrons. The maximum atomic E-state index is 11.6. The van der Waals surface area contributed by atoms with Crippen molar-refractivity contribution in [3.63, 3.8) is 0 Å². The van der Waals surface area contributed by atoms with Gasteiger partial charge in [0.15, 0.2) is 0 Å². The number of rotatable bonds is 4. The standard InChI is InChI=1S/C19H26N2O2/c1-23-19(14-5-2-4-13(10-14)18(20)22)15-6-3-7-16(19)12-21(11-15)17-8-9-17/h2,4-5,10,15-17H,3,6-9,11-12H2,1H3,(H2,20,22)/t15-,16+,19+. The Labute approximate surface area is 138 Å². The fourth-order valence-electron chi connectivity index (χ4n) is 5.04. The van der Waals surface area contributed by atoms with Gasteiger partial charge < -0.3 is 10.5 Å². The van der Waals surface area contributed by atoms with E-state index in [1.165, 1.54) is 32.1 Å². The van der Waals surface area contributed by atoms with Crippen molar-refractivity contribution in [1.82, 2.24) is 4.90 Å². The highest BCUT2D eigenvalue weighted by molar-refractivity contribution is 5.92. The Morgan fingerprint density at radius 3 is 2.48 bits per heavy atom. The fourth-order valence-corrected chi connectivity index (χ4v) is 5.04. The molecule has 3 fully saturated rings. The number of amides is 1. The summed E-state index contributed by atoms with van der Waals surface area (Å²) in [6, 6.07) is 8.63. The third-order valence-corrected chi connectivity index (χ3v) is 6.23. The molecule has 3 aliphatic rings. The molecule has 0 unspecified atom stereocenters. The van der Waals surface area contributed by atoms with E-state index in [1.807, 2.05) is 19.2 Å². The Hall–Kier alpha value is -1.39. The first-order chi connectivity index (χ1) is 11.1. The minimum Gasteiger partial charge on any atom is -0.373 e. The number of fused-ring (bicyclic) bond motifs is 2. The van der Waals surface area contributed by atoms with Crippen LogP contribution in [0.25, 0.3) is 0 Å². The smallest absolute Gasteiger partial charge is 0.248 e. The molecular weight excluding hydrogens is 288 g/mol. The minimum atomic E-state index is -0.362. The monoisotopic (exact) mass is 314 g/mol. The predicted molar refractivity (Wildman–Crippen MR) is 89.1 cm³/mol. The van der Waals surface area contributed by atoms with E-state index in [2.05, 4.69) is 11.0 Å². The summed E-state index contributed by atoms with van der Waals surface area (Å²) in [5.74, 6) is 0.645. The van der Waals surface area contributed by atoms with E-state index in [0.29, 0.717) is 17.4 Å². The SMILES string of the molecule is CO[C@@]1(c2cccc(C(N)=O)c2)[C@@H]2CCC[C@H]1CN(C1CC1)C2. The molecule has 1 saturated heterocycles. The van der Waals surface area contributed by atoms with Crippen LogP contribution in [0.5, 0.6) is 0 Å². The molecule has 1 heterocycles. The van der Waals surface area contributed by atoms with Gasteiger partial charge in [0, 0.05) is 43.6 Å². The van der Waals surface area contributed by atoms with Crippen LogP contribution in [0.4, 0.5) is 0 Å². The molecule has 1 aromatic rings. The maximum Gasteiger partial charge on any atom is 0.248 e. The van der Waals surface area contributed by atoms with E-state index in [9.17, 15) is 4.79 Å². The van der Waals surface area contributed by atoms with Gasteiger partial charge in [0.25, 0.3) is 0 Å². The summed E-state index contributed by atoms with van der Waals surface area (Å²) in [4.78, 5) is 14.3. The van der Waals surface area contributed by atoms with Crippen LogP contribution in [-0.4, -0.2) is 37.0 Å². The van der Waals surface area contributed by atoms with Crippen LogP contribution in [0.3, 0.4) is 0 Å². The van der Waals surface area contributed by atoms with Gasteiger partial charge in [0.2, 0.25) is 5.91 Å². The van der Waals surface area contributed by atoms with Gasteiger partial charge in [0.1, 0.15) is 5.60 Å². The summed E-state index contributed by atoms with van der Waals surface area (Å²) in [6.45, 7) is 2.24. The van der Waals surface area contributed by atoms with Crippen LogP contribution in [0.1, 0.15) is 48.0 Å². The van der Waals surface area contributed by atoms with Gasteiger partial charge in [-0.3, -0.25) is 9.69 Å². The predicted octanol–water partition coefficient (Wildman–Crippen LogP) is 2.52. The van der Waals surface area contributed by atoms with Crippen LogP contribution in [0.15, 0.2) is 24.3 Å². The third-order valence-electron chi connectivity index (χ3n) is 6.23. The molecule has 3 atom stereocenters. The summed E-state index contributed by atoms with van der Waals surface area (Å²) < 4.78 is 6.24. The van der Waals surface area contributed by atoms with Crippen molar-refractivity contribution in [1.29, 1.82) is 0 Å². The van der Waals surface area contributed by atoms with Crippen LogP contribution in [0.2, 0.25) is 0 Å². The molecule has 0 aromatic heterocycles. The quantitative estimate of drug-likeness (QED) is 0.929. The van der Waals surface area contributed by atoms with Crippen molar-refractivity contribution in [2.75, 3.05) is 20.2 Å². The Balaban J connectivity index is 1.73. The van der Waals surface area contributed by atoms with Gasteiger partial charge >= 0.3 is 0 Å². The first kappa shape index (κ1) is 15.2. The number of primary amides is 1. The van der Waals surface area contributed by atoms with Crippen LogP contribution < -0.4 is 5.73 Å². The molecule has 2 bridgehead atoms. The Kier molecular flexibility index (Phi) is 3.69. The zero-order valence-electron chi connectivity index (χ0n) is 13.8. The molecule has 0 spiro atoms. The Morgan fingerprint density at radius 1 is 1.22 bits per heavy atom. The Morgan fingerprint density at radius 2 is 1.91 bits per heavy atom. The lowest BCUT2D eigenvalue weighted by atomic mass is 9.62. The molecular formula is C19H26N2O2. The number of nitrogens with zero attached hydrogens (tertiary/aromatic N) is 1. The molecule has 4 heteroatoms. The van der Waals surface area contributed by atoms with Gasteiger partial charge in [-0.1, -0.05) is 18.6 Å². The normalized spacial score (nSPS) is 34.3. The summed E-state index contributed by atoms with van der Waals surface area (Å²) in [7, 11) is 1.84. The minimum absolute atomic E-state index is 0.255.